The maximum Gasteiger partial charge on any atom is 0.206 e. The van der Waals surface area contributed by atoms with Gasteiger partial charge in [0.15, 0.2) is 0 Å². The van der Waals surface area contributed by atoms with Crippen molar-refractivity contribution in [2.24, 2.45) is 0 Å². The Labute approximate surface area is 472 Å². The number of hydrogen-bond donors (Lipinski definition) is 0. The van der Waals surface area contributed by atoms with E-state index < -0.39 is 15.3 Å². The third-order valence-corrected chi connectivity index (χ3v) is 18.3. The monoisotopic (exact) mass is 1070 g/mol. The van der Waals surface area contributed by atoms with E-state index in [1.54, 1.807) is 48.5 Å². The number of para-hydroxylation sites is 3. The van der Waals surface area contributed by atoms with E-state index in [9.17, 15) is 8.42 Å². The number of sulfone groups is 1. The van der Waals surface area contributed by atoms with Gasteiger partial charge in [-0.05, 0) is 229 Å². The predicted molar refractivity (Wildman–Crippen MR) is 327 cm³/mol. The Morgan fingerprint density at radius 3 is 1.66 bits per heavy atom. The molecule has 80 heavy (non-hydrogen) atoms. The van der Waals surface area contributed by atoms with Crippen molar-refractivity contribution in [3.05, 3.63) is 282 Å². The molecule has 10 aromatic carbocycles. The van der Waals surface area contributed by atoms with Gasteiger partial charge in [0.2, 0.25) is 9.84 Å². The second kappa shape index (κ2) is 21.2. The van der Waals surface area contributed by atoms with Gasteiger partial charge in [-0.25, -0.2) is 8.42 Å². The molecule has 0 spiro atoms. The molecule has 0 fully saturated rings. The van der Waals surface area contributed by atoms with Crippen molar-refractivity contribution < 1.29 is 17.9 Å². The van der Waals surface area contributed by atoms with E-state index >= 15 is 0 Å². The Bertz CT molecular complexity index is 3880. The normalized spacial score (nSPS) is 15.5. The number of aryl methyl sites for hydroxylation is 1. The van der Waals surface area contributed by atoms with Gasteiger partial charge < -0.3 is 19.3 Å². The van der Waals surface area contributed by atoms with Gasteiger partial charge in [-0.3, -0.25) is 0 Å². The SMILES string of the molecule is CCC(C)(C)Oc1ccc(S(=O)(=O)c2ccc(Oc3ccc(CC45Cc6ccc(cc6)C(C)(C)CCc6cccc(c6)N(c6ccccc6)c6ccc(c4c6)-c4ccc(N(c6ccccc6)c6ccccc6)cc45)cc3)cc2)cc1. The maximum absolute atomic E-state index is 13.8. The van der Waals surface area contributed by atoms with Crippen LogP contribution >= 0.6 is 0 Å². The average molecular weight is 1070 g/mol. The highest BCUT2D eigenvalue weighted by Crippen LogP contribution is 2.56. The van der Waals surface area contributed by atoms with E-state index in [0.29, 0.717) is 23.7 Å². The Balaban J connectivity index is 0.965. The molecule has 1 unspecified atom stereocenters. The molecular weight excluding hydrogens is 1000 g/mol. The van der Waals surface area contributed by atoms with Crippen molar-refractivity contribution in [1.29, 1.82) is 0 Å². The lowest BCUT2D eigenvalue weighted by Gasteiger charge is -2.35. The summed E-state index contributed by atoms with van der Waals surface area (Å²) in [7, 11) is -3.78. The lowest BCUT2D eigenvalue weighted by molar-refractivity contribution is 0.105. The summed E-state index contributed by atoms with van der Waals surface area (Å²) >= 11 is 0. The molecule has 0 N–H and O–H groups in total. The standard InChI is InChI=1S/C73H66N2O4S/c1-6-72(4,5)79-64-37-41-66(42-38-64)80(76,77)65-39-35-63(36-40-65)78-62-33-27-54(28-34-62)51-73-50-53-25-29-55(30-26-53)71(2,3)46-45-52-17-16-24-59(47-52)75(58-22-14-9-15-23-58)61-32-44-68(70(73)49-61)67-43-31-60(48-69(67)73)74(56-18-10-7-11-19-56)57-20-12-8-13-21-57/h7-44,47-49H,6,45-46,50-51H2,1-5H3. The first-order chi connectivity index (χ1) is 38.7. The zero-order chi connectivity index (χ0) is 55.1. The zero-order valence-electron chi connectivity index (χ0n) is 46.1. The van der Waals surface area contributed by atoms with Crippen molar-refractivity contribution in [2.75, 3.05) is 9.80 Å². The van der Waals surface area contributed by atoms with Crippen molar-refractivity contribution in [3.8, 4) is 28.4 Å². The van der Waals surface area contributed by atoms with Crippen molar-refractivity contribution in [1.82, 2.24) is 0 Å². The van der Waals surface area contributed by atoms with Crippen LogP contribution in [0.15, 0.2) is 259 Å². The lowest BCUT2D eigenvalue weighted by atomic mass is 9.69. The van der Waals surface area contributed by atoms with E-state index in [2.05, 4.69) is 219 Å². The summed E-state index contributed by atoms with van der Waals surface area (Å²) in [5.41, 5.74) is 15.7. The first-order valence-corrected chi connectivity index (χ1v) is 29.4. The third-order valence-electron chi connectivity index (χ3n) is 16.5. The molecule has 0 saturated heterocycles. The van der Waals surface area contributed by atoms with Crippen LogP contribution in [0.3, 0.4) is 0 Å². The number of ether oxygens (including phenoxy) is 2. The van der Waals surface area contributed by atoms with Crippen molar-refractivity contribution >= 4 is 44.0 Å². The smallest absolute Gasteiger partial charge is 0.206 e. The molecule has 3 aliphatic rings. The first kappa shape index (κ1) is 52.1. The zero-order valence-corrected chi connectivity index (χ0v) is 47.0. The molecule has 6 nitrogen and oxygen atoms in total. The van der Waals surface area contributed by atoms with Crippen molar-refractivity contribution in [3.63, 3.8) is 0 Å². The summed E-state index contributed by atoms with van der Waals surface area (Å²) in [6.45, 7) is 10.8. The van der Waals surface area contributed by atoms with Gasteiger partial charge in [-0.1, -0.05) is 136 Å². The van der Waals surface area contributed by atoms with Crippen LogP contribution in [0.25, 0.3) is 11.1 Å². The number of anilines is 6. The summed E-state index contributed by atoms with van der Waals surface area (Å²) in [4.78, 5) is 5.19. The van der Waals surface area contributed by atoms with Crippen LogP contribution in [0.2, 0.25) is 0 Å². The number of rotatable bonds is 13. The largest absolute Gasteiger partial charge is 0.488 e. The van der Waals surface area contributed by atoms with Crippen LogP contribution in [-0.2, 0) is 39.9 Å². The molecule has 398 valence electrons. The molecule has 0 radical (unpaired) electrons. The number of benzene rings is 10. The van der Waals surface area contributed by atoms with E-state index in [0.717, 1.165) is 65.4 Å². The highest BCUT2D eigenvalue weighted by molar-refractivity contribution is 7.91. The molecule has 13 rings (SSSR count). The van der Waals surface area contributed by atoms with Crippen LogP contribution in [0, 0.1) is 0 Å². The fourth-order valence-electron chi connectivity index (χ4n) is 11.8. The molecule has 6 bridgehead atoms. The quantitative estimate of drug-likeness (QED) is 0.115. The van der Waals surface area contributed by atoms with Crippen LogP contribution < -0.4 is 19.3 Å². The minimum absolute atomic E-state index is 0.0503. The summed E-state index contributed by atoms with van der Waals surface area (Å²) in [6.07, 6.45) is 4.24. The second-order valence-electron chi connectivity index (χ2n) is 22.7. The third kappa shape index (κ3) is 10.3. The molecule has 1 aliphatic carbocycles. The highest BCUT2D eigenvalue weighted by Gasteiger charge is 2.45. The van der Waals surface area contributed by atoms with Crippen LogP contribution in [0.5, 0.6) is 17.2 Å². The van der Waals surface area contributed by atoms with Gasteiger partial charge in [0.1, 0.15) is 22.8 Å². The van der Waals surface area contributed by atoms with Crippen LogP contribution in [0.4, 0.5) is 34.1 Å². The first-order valence-electron chi connectivity index (χ1n) is 27.9. The number of fused-ring (bicyclic) bond motifs is 6. The van der Waals surface area contributed by atoms with Gasteiger partial charge >= 0.3 is 0 Å². The number of nitrogens with zero attached hydrogens (tertiary/aromatic N) is 2. The fraction of sp³-hybridized carbons (Fsp3) is 0.178. The molecule has 0 saturated carbocycles. The predicted octanol–water partition coefficient (Wildman–Crippen LogP) is 18.8. The van der Waals surface area contributed by atoms with Gasteiger partial charge in [-0.15, -0.1) is 0 Å². The summed E-state index contributed by atoms with van der Waals surface area (Å²) in [6, 6.07) is 86.7. The summed E-state index contributed by atoms with van der Waals surface area (Å²) in [5.74, 6) is 1.83. The van der Waals surface area contributed by atoms with Gasteiger partial charge in [0.25, 0.3) is 0 Å². The molecule has 10 aromatic rings. The Morgan fingerprint density at radius 2 is 1.05 bits per heavy atom. The topological polar surface area (TPSA) is 59.1 Å². The highest BCUT2D eigenvalue weighted by atomic mass is 32.2. The molecule has 0 aromatic heterocycles. The van der Waals surface area contributed by atoms with E-state index in [1.165, 1.54) is 38.9 Å². The summed E-state index contributed by atoms with van der Waals surface area (Å²) < 4.78 is 40.1. The fourth-order valence-corrected chi connectivity index (χ4v) is 13.0. The molecular formula is C73H66N2O4S. The molecule has 2 aliphatic heterocycles. The minimum atomic E-state index is -3.78. The van der Waals surface area contributed by atoms with Crippen LogP contribution in [-0.4, -0.2) is 14.0 Å². The Morgan fingerprint density at radius 1 is 0.512 bits per heavy atom. The lowest BCUT2D eigenvalue weighted by Crippen LogP contribution is -2.32. The van der Waals surface area contributed by atoms with E-state index in [1.807, 2.05) is 26.0 Å². The molecule has 2 heterocycles. The van der Waals surface area contributed by atoms with E-state index in [4.69, 9.17) is 9.47 Å². The van der Waals surface area contributed by atoms with Gasteiger partial charge in [0.05, 0.1) is 9.79 Å². The molecule has 0 amide bonds. The number of hydrogen-bond acceptors (Lipinski definition) is 6. The van der Waals surface area contributed by atoms with Gasteiger partial charge in [0, 0.05) is 39.5 Å². The second-order valence-corrected chi connectivity index (χ2v) is 24.7. The molecule has 7 heteroatoms. The van der Waals surface area contributed by atoms with Crippen molar-refractivity contribution in [2.45, 2.75) is 92.9 Å². The summed E-state index contributed by atoms with van der Waals surface area (Å²) in [5, 5.41) is 0. The van der Waals surface area contributed by atoms with Crippen LogP contribution in [0.1, 0.15) is 80.8 Å². The average Bonchev–Trinajstić information content (AvgIpc) is 3.92. The van der Waals surface area contributed by atoms with Gasteiger partial charge in [-0.2, -0.15) is 0 Å². The maximum atomic E-state index is 13.8. The Kier molecular flexibility index (Phi) is 13.8. The Hall–Kier alpha value is -8.65. The molecule has 1 atom stereocenters. The van der Waals surface area contributed by atoms with E-state index in [-0.39, 0.29) is 20.8 Å². The minimum Gasteiger partial charge on any atom is -0.488 e.